The van der Waals surface area contributed by atoms with Gasteiger partial charge in [-0.3, -0.25) is 9.59 Å². The quantitative estimate of drug-likeness (QED) is 0.861. The Morgan fingerprint density at radius 1 is 1.36 bits per heavy atom. The Morgan fingerprint density at radius 2 is 2.20 bits per heavy atom. The van der Waals surface area contributed by atoms with Gasteiger partial charge >= 0.3 is 0 Å². The van der Waals surface area contributed by atoms with E-state index in [4.69, 9.17) is 11.6 Å². The number of hydrogen-bond acceptors (Lipinski definition) is 4. The van der Waals surface area contributed by atoms with Crippen LogP contribution in [0.2, 0.25) is 5.02 Å². The molecule has 1 aromatic carbocycles. The summed E-state index contributed by atoms with van der Waals surface area (Å²) in [4.78, 5) is 29.1. The maximum atomic E-state index is 13.5. The Hall–Kier alpha value is -1.99. The largest absolute Gasteiger partial charge is 0.351 e. The van der Waals surface area contributed by atoms with E-state index in [9.17, 15) is 14.0 Å². The normalized spacial score (nSPS) is 24.9. The van der Waals surface area contributed by atoms with Crippen LogP contribution in [-0.4, -0.2) is 28.9 Å². The maximum Gasteiger partial charge on any atom is 0.263 e. The zero-order valence-corrected chi connectivity index (χ0v) is 14.7. The summed E-state index contributed by atoms with van der Waals surface area (Å²) >= 11 is 7.00. The SMILES string of the molecule is O=C(N[C@@H]1C(=O)N[C@H]2CCC[C@H]21)c1cnc(-c2cc(F)cc(Cl)c2)s1. The Labute approximate surface area is 152 Å². The first-order chi connectivity index (χ1) is 12.0. The van der Waals surface area contributed by atoms with E-state index in [2.05, 4.69) is 15.6 Å². The smallest absolute Gasteiger partial charge is 0.263 e. The standard InChI is InChI=1S/C17H15ClFN3O2S/c18-9-4-8(5-10(19)6-9)17-20-7-13(25-17)15(23)22-14-11-2-1-3-12(11)21-16(14)24/h4-7,11-12,14H,1-3H2,(H,21,24)(H,22,23)/t11-,12+,14+/m1/s1. The second kappa shape index (κ2) is 6.38. The summed E-state index contributed by atoms with van der Waals surface area (Å²) in [6.45, 7) is 0. The van der Waals surface area contributed by atoms with Gasteiger partial charge in [0.1, 0.15) is 21.7 Å². The summed E-state index contributed by atoms with van der Waals surface area (Å²) in [7, 11) is 0. The fourth-order valence-electron chi connectivity index (χ4n) is 3.61. The van der Waals surface area contributed by atoms with Crippen molar-refractivity contribution in [3.8, 4) is 10.6 Å². The number of hydrogen-bond donors (Lipinski definition) is 2. The molecule has 0 unspecified atom stereocenters. The van der Waals surface area contributed by atoms with Gasteiger partial charge in [-0.2, -0.15) is 0 Å². The topological polar surface area (TPSA) is 71.1 Å². The average Bonchev–Trinajstić information content (AvgIpc) is 3.25. The summed E-state index contributed by atoms with van der Waals surface area (Å²) in [6.07, 6.45) is 4.40. The third kappa shape index (κ3) is 3.14. The molecule has 5 nitrogen and oxygen atoms in total. The van der Waals surface area contributed by atoms with Crippen LogP contribution in [0.5, 0.6) is 0 Å². The lowest BCUT2D eigenvalue weighted by molar-refractivity contribution is -0.121. The highest BCUT2D eigenvalue weighted by Crippen LogP contribution is 2.33. The predicted octanol–water partition coefficient (Wildman–Crippen LogP) is 3.00. The van der Waals surface area contributed by atoms with E-state index in [-0.39, 0.29) is 28.8 Å². The fourth-order valence-corrected chi connectivity index (χ4v) is 4.64. The van der Waals surface area contributed by atoms with Crippen molar-refractivity contribution in [3.05, 3.63) is 40.1 Å². The van der Waals surface area contributed by atoms with Crippen LogP contribution in [0.25, 0.3) is 10.6 Å². The number of nitrogens with one attached hydrogen (secondary N) is 2. The van der Waals surface area contributed by atoms with Crippen molar-refractivity contribution in [2.45, 2.75) is 31.3 Å². The van der Waals surface area contributed by atoms with Crippen LogP contribution < -0.4 is 10.6 Å². The van der Waals surface area contributed by atoms with Gasteiger partial charge in [-0.25, -0.2) is 9.37 Å². The molecular formula is C17H15ClFN3O2S. The van der Waals surface area contributed by atoms with Gasteiger partial charge in [0.25, 0.3) is 5.91 Å². The highest BCUT2D eigenvalue weighted by Gasteiger charge is 2.45. The van der Waals surface area contributed by atoms with E-state index >= 15 is 0 Å². The van der Waals surface area contributed by atoms with Crippen LogP contribution in [0, 0.1) is 11.7 Å². The molecule has 1 saturated carbocycles. The zero-order chi connectivity index (χ0) is 17.6. The van der Waals surface area contributed by atoms with Crippen molar-refractivity contribution >= 4 is 34.8 Å². The highest BCUT2D eigenvalue weighted by molar-refractivity contribution is 7.16. The molecule has 2 N–H and O–H groups in total. The monoisotopic (exact) mass is 379 g/mol. The van der Waals surface area contributed by atoms with Crippen molar-refractivity contribution in [2.24, 2.45) is 5.92 Å². The van der Waals surface area contributed by atoms with Crippen molar-refractivity contribution in [2.75, 3.05) is 0 Å². The van der Waals surface area contributed by atoms with Gasteiger partial charge in [0.2, 0.25) is 5.91 Å². The van der Waals surface area contributed by atoms with Gasteiger partial charge in [-0.05, 0) is 31.0 Å². The molecule has 8 heteroatoms. The molecule has 2 heterocycles. The molecule has 2 fully saturated rings. The lowest BCUT2D eigenvalue weighted by Gasteiger charge is -2.16. The molecule has 2 aliphatic rings. The molecule has 3 atom stereocenters. The number of benzene rings is 1. The summed E-state index contributed by atoms with van der Waals surface area (Å²) in [6, 6.07) is 3.81. The lowest BCUT2D eigenvalue weighted by atomic mass is 9.99. The fraction of sp³-hybridized carbons (Fsp3) is 0.353. The van der Waals surface area contributed by atoms with Crippen molar-refractivity contribution in [3.63, 3.8) is 0 Å². The number of aromatic nitrogens is 1. The minimum absolute atomic E-state index is 0.121. The minimum Gasteiger partial charge on any atom is -0.351 e. The van der Waals surface area contributed by atoms with Crippen LogP contribution in [0.15, 0.2) is 24.4 Å². The van der Waals surface area contributed by atoms with E-state index in [0.29, 0.717) is 15.4 Å². The third-order valence-electron chi connectivity index (χ3n) is 4.73. The first-order valence-electron chi connectivity index (χ1n) is 8.05. The van der Waals surface area contributed by atoms with Crippen LogP contribution in [-0.2, 0) is 4.79 Å². The summed E-state index contributed by atoms with van der Waals surface area (Å²) in [5, 5.41) is 6.54. The second-order valence-electron chi connectivity index (χ2n) is 6.35. The van der Waals surface area contributed by atoms with Crippen molar-refractivity contribution in [1.29, 1.82) is 0 Å². The number of fused-ring (bicyclic) bond motifs is 1. The number of halogens is 2. The Morgan fingerprint density at radius 3 is 3.00 bits per heavy atom. The number of thiazole rings is 1. The van der Waals surface area contributed by atoms with Crippen LogP contribution >= 0.6 is 22.9 Å². The van der Waals surface area contributed by atoms with Gasteiger partial charge in [-0.15, -0.1) is 11.3 Å². The predicted molar refractivity (Wildman–Crippen MR) is 93.0 cm³/mol. The number of carbonyl (C=O) groups excluding carboxylic acids is 2. The summed E-state index contributed by atoms with van der Waals surface area (Å²) < 4.78 is 13.5. The molecule has 130 valence electrons. The van der Waals surface area contributed by atoms with E-state index < -0.39 is 11.9 Å². The average molecular weight is 380 g/mol. The first kappa shape index (κ1) is 16.5. The van der Waals surface area contributed by atoms with Gasteiger partial charge in [-0.1, -0.05) is 18.0 Å². The van der Waals surface area contributed by atoms with E-state index in [1.54, 1.807) is 6.07 Å². The maximum absolute atomic E-state index is 13.5. The Bertz CT molecular complexity index is 836. The molecule has 1 aliphatic carbocycles. The third-order valence-corrected chi connectivity index (χ3v) is 6.00. The van der Waals surface area contributed by atoms with E-state index in [0.717, 1.165) is 30.6 Å². The number of rotatable bonds is 3. The Kier molecular flexibility index (Phi) is 4.21. The number of amides is 2. The van der Waals surface area contributed by atoms with Gasteiger partial charge in [0, 0.05) is 22.5 Å². The van der Waals surface area contributed by atoms with Crippen LogP contribution in [0.3, 0.4) is 0 Å². The number of nitrogens with zero attached hydrogens (tertiary/aromatic N) is 1. The van der Waals surface area contributed by atoms with Crippen LogP contribution in [0.4, 0.5) is 4.39 Å². The van der Waals surface area contributed by atoms with Crippen molar-refractivity contribution < 1.29 is 14.0 Å². The number of carbonyl (C=O) groups is 2. The molecule has 0 bridgehead atoms. The Balaban J connectivity index is 1.52. The first-order valence-corrected chi connectivity index (χ1v) is 9.24. The van der Waals surface area contributed by atoms with E-state index in [1.165, 1.54) is 18.3 Å². The summed E-state index contributed by atoms with van der Waals surface area (Å²) in [5.41, 5.74) is 0.517. The van der Waals surface area contributed by atoms with E-state index in [1.807, 2.05) is 0 Å². The van der Waals surface area contributed by atoms with Gasteiger partial charge in [0.05, 0.1) is 6.20 Å². The molecule has 0 spiro atoms. The minimum atomic E-state index is -0.492. The second-order valence-corrected chi connectivity index (χ2v) is 7.82. The van der Waals surface area contributed by atoms with Crippen molar-refractivity contribution in [1.82, 2.24) is 15.6 Å². The molecule has 25 heavy (non-hydrogen) atoms. The molecule has 4 rings (SSSR count). The zero-order valence-electron chi connectivity index (χ0n) is 13.1. The lowest BCUT2D eigenvalue weighted by Crippen LogP contribution is -2.43. The molecule has 2 aromatic rings. The van der Waals surface area contributed by atoms with Gasteiger partial charge < -0.3 is 10.6 Å². The summed E-state index contributed by atoms with van der Waals surface area (Å²) in [5.74, 6) is -0.756. The molecular weight excluding hydrogens is 365 g/mol. The molecule has 1 aromatic heterocycles. The molecule has 1 saturated heterocycles. The highest BCUT2D eigenvalue weighted by atomic mass is 35.5. The molecule has 1 aliphatic heterocycles. The molecule has 0 radical (unpaired) electrons. The molecule has 2 amide bonds. The van der Waals surface area contributed by atoms with Gasteiger partial charge in [0.15, 0.2) is 0 Å². The van der Waals surface area contributed by atoms with Crippen LogP contribution in [0.1, 0.15) is 28.9 Å².